The lowest BCUT2D eigenvalue weighted by Crippen LogP contribution is -2.42. The van der Waals surface area contributed by atoms with Gasteiger partial charge in [-0.2, -0.15) is 0 Å². The van der Waals surface area contributed by atoms with Crippen LogP contribution in [0, 0.1) is 5.41 Å². The molecular weight excluding hydrogens is 220 g/mol. The number of nitrogens with one attached hydrogen (secondary N) is 1. The molecule has 0 atom stereocenters. The Morgan fingerprint density at radius 3 is 2.29 bits per heavy atom. The monoisotopic (exact) mass is 244 g/mol. The molecule has 17 heavy (non-hydrogen) atoms. The van der Waals surface area contributed by atoms with E-state index < -0.39 is 11.4 Å². The minimum Gasteiger partial charge on any atom is -0.481 e. The highest BCUT2D eigenvalue weighted by molar-refractivity contribution is 5.81. The second-order valence-corrected chi connectivity index (χ2v) is 4.90. The molecule has 0 aromatic rings. The van der Waals surface area contributed by atoms with Crippen LogP contribution in [0.4, 0.5) is 0 Å². The van der Waals surface area contributed by atoms with Crippen molar-refractivity contribution in [1.82, 2.24) is 5.32 Å². The maximum Gasteiger partial charge on any atom is 0.303 e. The summed E-state index contributed by atoms with van der Waals surface area (Å²) in [7, 11) is 0. The molecule has 0 saturated carbocycles. The standard InChI is InChI=1S/C12H24N2O3/c1-12(2,9-13)11(17)14-8-6-4-3-5-7-10(15)16/h3-9,13H2,1-2H3,(H,14,17)(H,15,16). The summed E-state index contributed by atoms with van der Waals surface area (Å²) in [6.07, 6.45) is 3.65. The van der Waals surface area contributed by atoms with Crippen molar-refractivity contribution in [3.05, 3.63) is 0 Å². The number of hydrogen-bond donors (Lipinski definition) is 3. The molecule has 0 unspecified atom stereocenters. The molecule has 100 valence electrons. The quantitative estimate of drug-likeness (QED) is 0.530. The highest BCUT2D eigenvalue weighted by Gasteiger charge is 2.24. The number of aliphatic carboxylic acids is 1. The minimum absolute atomic E-state index is 0.0227. The smallest absolute Gasteiger partial charge is 0.303 e. The lowest BCUT2D eigenvalue weighted by Gasteiger charge is -2.21. The number of hydrogen-bond acceptors (Lipinski definition) is 3. The first-order valence-electron chi connectivity index (χ1n) is 6.10. The van der Waals surface area contributed by atoms with Gasteiger partial charge in [-0.15, -0.1) is 0 Å². The average Bonchev–Trinajstić information content (AvgIpc) is 2.27. The lowest BCUT2D eigenvalue weighted by molar-refractivity contribution is -0.137. The molecular formula is C12H24N2O3. The summed E-state index contributed by atoms with van der Waals surface area (Å²) < 4.78 is 0. The third kappa shape index (κ3) is 7.74. The molecule has 0 bridgehead atoms. The molecule has 0 radical (unpaired) electrons. The van der Waals surface area contributed by atoms with Crippen molar-refractivity contribution in [2.45, 2.75) is 46.0 Å². The molecule has 0 aliphatic rings. The van der Waals surface area contributed by atoms with Gasteiger partial charge in [0.1, 0.15) is 0 Å². The van der Waals surface area contributed by atoms with E-state index in [1.807, 2.05) is 13.8 Å². The largest absolute Gasteiger partial charge is 0.481 e. The van der Waals surface area contributed by atoms with Crippen LogP contribution in [0.5, 0.6) is 0 Å². The topological polar surface area (TPSA) is 92.4 Å². The molecule has 0 aromatic carbocycles. The fourth-order valence-electron chi connectivity index (χ4n) is 1.29. The van der Waals surface area contributed by atoms with Gasteiger partial charge < -0.3 is 16.2 Å². The van der Waals surface area contributed by atoms with E-state index in [2.05, 4.69) is 5.32 Å². The molecule has 5 nitrogen and oxygen atoms in total. The van der Waals surface area contributed by atoms with Gasteiger partial charge in [0.25, 0.3) is 0 Å². The van der Waals surface area contributed by atoms with E-state index in [4.69, 9.17) is 10.8 Å². The third-order valence-corrected chi connectivity index (χ3v) is 2.73. The molecule has 0 rings (SSSR count). The SMILES string of the molecule is CC(C)(CN)C(=O)NCCCCCCC(=O)O. The van der Waals surface area contributed by atoms with Gasteiger partial charge in [-0.3, -0.25) is 9.59 Å². The van der Waals surface area contributed by atoms with Gasteiger partial charge in [-0.25, -0.2) is 0 Å². The third-order valence-electron chi connectivity index (χ3n) is 2.73. The van der Waals surface area contributed by atoms with Crippen LogP contribution in [-0.4, -0.2) is 30.1 Å². The van der Waals surface area contributed by atoms with Gasteiger partial charge in [0.2, 0.25) is 5.91 Å². The second-order valence-electron chi connectivity index (χ2n) is 4.90. The number of unbranched alkanes of at least 4 members (excludes halogenated alkanes) is 3. The maximum absolute atomic E-state index is 11.6. The van der Waals surface area contributed by atoms with Crippen LogP contribution in [0.25, 0.3) is 0 Å². The summed E-state index contributed by atoms with van der Waals surface area (Å²) >= 11 is 0. The Morgan fingerprint density at radius 2 is 1.76 bits per heavy atom. The van der Waals surface area contributed by atoms with Crippen LogP contribution < -0.4 is 11.1 Å². The Morgan fingerprint density at radius 1 is 1.18 bits per heavy atom. The van der Waals surface area contributed by atoms with Crippen molar-refractivity contribution in [2.24, 2.45) is 11.1 Å². The van der Waals surface area contributed by atoms with E-state index >= 15 is 0 Å². The van der Waals surface area contributed by atoms with Gasteiger partial charge in [0.15, 0.2) is 0 Å². The van der Waals surface area contributed by atoms with E-state index in [1.54, 1.807) is 0 Å². The van der Waals surface area contributed by atoms with Crippen molar-refractivity contribution in [3.63, 3.8) is 0 Å². The normalized spacial score (nSPS) is 11.2. The minimum atomic E-state index is -0.747. The van der Waals surface area contributed by atoms with E-state index in [-0.39, 0.29) is 12.3 Å². The Bertz CT molecular complexity index is 252. The van der Waals surface area contributed by atoms with Crippen LogP contribution in [-0.2, 0) is 9.59 Å². The van der Waals surface area contributed by atoms with Crippen molar-refractivity contribution in [3.8, 4) is 0 Å². The van der Waals surface area contributed by atoms with Crippen molar-refractivity contribution in [1.29, 1.82) is 0 Å². The Hall–Kier alpha value is -1.10. The summed E-state index contributed by atoms with van der Waals surface area (Å²) in [4.78, 5) is 21.9. The molecule has 0 saturated heterocycles. The first-order chi connectivity index (χ1) is 7.90. The summed E-state index contributed by atoms with van der Waals surface area (Å²) in [5, 5.41) is 11.3. The Balaban J connectivity index is 3.46. The molecule has 4 N–H and O–H groups in total. The maximum atomic E-state index is 11.6. The lowest BCUT2D eigenvalue weighted by atomic mass is 9.93. The number of amides is 1. The predicted octanol–water partition coefficient (Wildman–Crippen LogP) is 1.12. The predicted molar refractivity (Wildman–Crippen MR) is 66.6 cm³/mol. The van der Waals surface area contributed by atoms with Crippen molar-refractivity contribution >= 4 is 11.9 Å². The summed E-state index contributed by atoms with van der Waals surface area (Å²) in [6, 6.07) is 0. The number of carboxylic acid groups (broad SMARTS) is 1. The van der Waals surface area contributed by atoms with Gasteiger partial charge in [0.05, 0.1) is 5.41 Å². The van der Waals surface area contributed by atoms with Gasteiger partial charge in [0, 0.05) is 19.5 Å². The second kappa shape index (κ2) is 8.06. The molecule has 0 aromatic heterocycles. The van der Waals surface area contributed by atoms with Gasteiger partial charge in [-0.05, 0) is 26.7 Å². The molecule has 5 heteroatoms. The van der Waals surface area contributed by atoms with Crippen LogP contribution in [0.2, 0.25) is 0 Å². The molecule has 1 amide bonds. The zero-order chi connectivity index (χ0) is 13.3. The fourth-order valence-corrected chi connectivity index (χ4v) is 1.29. The number of carboxylic acids is 1. The fraction of sp³-hybridized carbons (Fsp3) is 0.833. The Labute approximate surface area is 103 Å². The molecule has 0 aliphatic carbocycles. The van der Waals surface area contributed by atoms with Crippen molar-refractivity contribution in [2.75, 3.05) is 13.1 Å². The van der Waals surface area contributed by atoms with Crippen LogP contribution in [0.15, 0.2) is 0 Å². The molecule has 0 fully saturated rings. The zero-order valence-corrected chi connectivity index (χ0v) is 10.8. The van der Waals surface area contributed by atoms with E-state index in [0.29, 0.717) is 19.5 Å². The van der Waals surface area contributed by atoms with Crippen LogP contribution >= 0.6 is 0 Å². The molecule has 0 spiro atoms. The number of nitrogens with two attached hydrogens (primary N) is 1. The summed E-state index contributed by atoms with van der Waals surface area (Å²) in [5.74, 6) is -0.770. The number of carbonyl (C=O) groups excluding carboxylic acids is 1. The van der Waals surface area contributed by atoms with E-state index in [9.17, 15) is 9.59 Å². The van der Waals surface area contributed by atoms with Crippen molar-refractivity contribution < 1.29 is 14.7 Å². The number of rotatable bonds is 9. The van der Waals surface area contributed by atoms with Gasteiger partial charge in [-0.1, -0.05) is 12.8 Å². The highest BCUT2D eigenvalue weighted by atomic mass is 16.4. The van der Waals surface area contributed by atoms with E-state index in [1.165, 1.54) is 0 Å². The summed E-state index contributed by atoms with van der Waals surface area (Å²) in [6.45, 7) is 4.59. The first kappa shape index (κ1) is 15.9. The highest BCUT2D eigenvalue weighted by Crippen LogP contribution is 2.12. The van der Waals surface area contributed by atoms with Crippen LogP contribution in [0.1, 0.15) is 46.0 Å². The molecule has 0 heterocycles. The van der Waals surface area contributed by atoms with Crippen LogP contribution in [0.3, 0.4) is 0 Å². The van der Waals surface area contributed by atoms with Gasteiger partial charge >= 0.3 is 5.97 Å². The molecule has 0 aliphatic heterocycles. The first-order valence-corrected chi connectivity index (χ1v) is 6.10. The van der Waals surface area contributed by atoms with E-state index in [0.717, 1.165) is 19.3 Å². The number of carbonyl (C=O) groups is 2. The Kier molecular flexibility index (Phi) is 7.54. The average molecular weight is 244 g/mol. The summed E-state index contributed by atoms with van der Waals surface area (Å²) in [5.41, 5.74) is 4.98. The zero-order valence-electron chi connectivity index (χ0n) is 10.8.